The fourth-order valence-electron chi connectivity index (χ4n) is 4.05. The van der Waals surface area contributed by atoms with Gasteiger partial charge in [0.2, 0.25) is 5.95 Å². The van der Waals surface area contributed by atoms with Gasteiger partial charge in [0.15, 0.2) is 0 Å². The van der Waals surface area contributed by atoms with Crippen molar-refractivity contribution in [2.24, 2.45) is 0 Å². The molecule has 0 bridgehead atoms. The maximum absolute atomic E-state index is 4.81. The van der Waals surface area contributed by atoms with Gasteiger partial charge >= 0.3 is 0 Å². The van der Waals surface area contributed by atoms with Gasteiger partial charge in [0.1, 0.15) is 5.82 Å². The Morgan fingerprint density at radius 3 is 2.08 bits per heavy atom. The lowest BCUT2D eigenvalue weighted by molar-refractivity contribution is 0.461. The molecule has 0 radical (unpaired) electrons. The van der Waals surface area contributed by atoms with Crippen LogP contribution in [0.3, 0.4) is 0 Å². The van der Waals surface area contributed by atoms with E-state index in [2.05, 4.69) is 41.0 Å². The maximum Gasteiger partial charge on any atom is 0.225 e. The topological polar surface area (TPSA) is 49.8 Å². The number of rotatable bonds is 5. The molecule has 4 heteroatoms. The second-order valence-corrected chi connectivity index (χ2v) is 7.43. The minimum Gasteiger partial charge on any atom is -0.367 e. The number of hydrogen-bond acceptors (Lipinski definition) is 4. The maximum atomic E-state index is 4.81. The van der Waals surface area contributed by atoms with Crippen molar-refractivity contribution >= 4 is 11.8 Å². The van der Waals surface area contributed by atoms with Gasteiger partial charge in [-0.25, -0.2) is 4.98 Å². The molecule has 1 aromatic carbocycles. The quantitative estimate of drug-likeness (QED) is 0.783. The van der Waals surface area contributed by atoms with E-state index in [-0.39, 0.29) is 0 Å². The normalized spacial score (nSPS) is 19.0. The minimum atomic E-state index is 0.513. The lowest BCUT2D eigenvalue weighted by Gasteiger charge is -2.23. The average Bonchev–Trinajstić information content (AvgIpc) is 3.16. The molecule has 25 heavy (non-hydrogen) atoms. The van der Waals surface area contributed by atoms with Crippen LogP contribution in [0.2, 0.25) is 0 Å². The molecule has 2 aromatic rings. The van der Waals surface area contributed by atoms with Gasteiger partial charge in [-0.05, 0) is 25.7 Å². The van der Waals surface area contributed by atoms with Crippen LogP contribution in [0.4, 0.5) is 11.8 Å². The first-order valence-electron chi connectivity index (χ1n) is 9.84. The van der Waals surface area contributed by atoms with Gasteiger partial charge in [0, 0.05) is 23.7 Å². The summed E-state index contributed by atoms with van der Waals surface area (Å²) in [6, 6.07) is 13.6. The SMILES string of the molecule is c1ccc(-c2cc(NC3CCCC3)nc(NC3CCCCC3)n2)cc1. The molecule has 2 N–H and O–H groups in total. The molecule has 2 aliphatic carbocycles. The summed E-state index contributed by atoms with van der Waals surface area (Å²) in [5.74, 6) is 1.73. The standard InChI is InChI=1S/C21H28N4/c1-3-9-16(10-4-1)19-15-20(22-17-13-7-8-14-17)25-21(24-19)23-18-11-5-2-6-12-18/h1,3-4,9-10,15,17-18H,2,5-8,11-14H2,(H2,22,23,24,25). The summed E-state index contributed by atoms with van der Waals surface area (Å²) < 4.78 is 0. The van der Waals surface area contributed by atoms with Gasteiger partial charge in [-0.1, -0.05) is 62.4 Å². The van der Waals surface area contributed by atoms with E-state index in [1.165, 1.54) is 57.8 Å². The van der Waals surface area contributed by atoms with Crippen LogP contribution >= 0.6 is 0 Å². The van der Waals surface area contributed by atoms with Crippen molar-refractivity contribution in [2.75, 3.05) is 10.6 Å². The number of hydrogen-bond donors (Lipinski definition) is 2. The summed E-state index contributed by atoms with van der Waals surface area (Å²) in [4.78, 5) is 9.59. The average molecular weight is 336 g/mol. The number of nitrogens with zero attached hydrogens (tertiary/aromatic N) is 2. The highest BCUT2D eigenvalue weighted by Gasteiger charge is 2.18. The number of benzene rings is 1. The summed E-state index contributed by atoms with van der Waals surface area (Å²) in [5, 5.41) is 7.23. The summed E-state index contributed by atoms with van der Waals surface area (Å²) in [6.07, 6.45) is 11.6. The molecule has 1 aromatic heterocycles. The van der Waals surface area contributed by atoms with Crippen LogP contribution in [-0.4, -0.2) is 22.1 Å². The van der Waals surface area contributed by atoms with E-state index >= 15 is 0 Å². The summed E-state index contributed by atoms with van der Waals surface area (Å²) in [6.45, 7) is 0. The molecule has 2 saturated carbocycles. The molecule has 0 atom stereocenters. The van der Waals surface area contributed by atoms with E-state index in [9.17, 15) is 0 Å². The van der Waals surface area contributed by atoms with Crippen molar-refractivity contribution in [3.63, 3.8) is 0 Å². The lowest BCUT2D eigenvalue weighted by Crippen LogP contribution is -2.24. The Morgan fingerprint density at radius 1 is 0.720 bits per heavy atom. The van der Waals surface area contributed by atoms with Crippen LogP contribution in [-0.2, 0) is 0 Å². The lowest BCUT2D eigenvalue weighted by atomic mass is 9.96. The van der Waals surface area contributed by atoms with Crippen molar-refractivity contribution in [1.82, 2.24) is 9.97 Å². The molecular weight excluding hydrogens is 308 g/mol. The predicted octanol–water partition coefficient (Wildman–Crippen LogP) is 5.24. The van der Waals surface area contributed by atoms with Gasteiger partial charge in [0.05, 0.1) is 5.69 Å². The molecular formula is C21H28N4. The molecule has 0 amide bonds. The third-order valence-electron chi connectivity index (χ3n) is 5.44. The highest BCUT2D eigenvalue weighted by atomic mass is 15.2. The third-order valence-corrected chi connectivity index (χ3v) is 5.44. The first kappa shape index (κ1) is 16.4. The largest absolute Gasteiger partial charge is 0.367 e. The molecule has 1 heterocycles. The monoisotopic (exact) mass is 336 g/mol. The molecule has 0 spiro atoms. The van der Waals surface area contributed by atoms with Gasteiger partial charge in [-0.2, -0.15) is 4.98 Å². The van der Waals surface area contributed by atoms with Crippen LogP contribution in [0.15, 0.2) is 36.4 Å². The Balaban J connectivity index is 1.59. The summed E-state index contributed by atoms with van der Waals surface area (Å²) in [7, 11) is 0. The predicted molar refractivity (Wildman–Crippen MR) is 104 cm³/mol. The Bertz CT molecular complexity index is 674. The molecule has 4 nitrogen and oxygen atoms in total. The van der Waals surface area contributed by atoms with E-state index in [4.69, 9.17) is 9.97 Å². The molecule has 132 valence electrons. The van der Waals surface area contributed by atoms with Crippen molar-refractivity contribution in [2.45, 2.75) is 69.9 Å². The van der Waals surface area contributed by atoms with E-state index < -0.39 is 0 Å². The van der Waals surface area contributed by atoms with E-state index in [0.717, 1.165) is 23.0 Å². The van der Waals surface area contributed by atoms with Crippen LogP contribution in [0.25, 0.3) is 11.3 Å². The zero-order valence-electron chi connectivity index (χ0n) is 14.9. The van der Waals surface area contributed by atoms with Crippen LogP contribution in [0.5, 0.6) is 0 Å². The first-order valence-corrected chi connectivity index (χ1v) is 9.84. The van der Waals surface area contributed by atoms with Crippen molar-refractivity contribution < 1.29 is 0 Å². The third kappa shape index (κ3) is 4.30. The zero-order chi connectivity index (χ0) is 16.9. The van der Waals surface area contributed by atoms with Gasteiger partial charge in [-0.15, -0.1) is 0 Å². The van der Waals surface area contributed by atoms with Crippen molar-refractivity contribution in [3.05, 3.63) is 36.4 Å². The van der Waals surface area contributed by atoms with Gasteiger partial charge in [-0.3, -0.25) is 0 Å². The Kier molecular flexibility index (Phi) is 5.14. The first-order chi connectivity index (χ1) is 12.4. The fraction of sp³-hybridized carbons (Fsp3) is 0.524. The highest BCUT2D eigenvalue weighted by Crippen LogP contribution is 2.27. The molecule has 2 fully saturated rings. The number of nitrogens with one attached hydrogen (secondary N) is 2. The zero-order valence-corrected chi connectivity index (χ0v) is 14.9. The molecule has 0 aliphatic heterocycles. The van der Waals surface area contributed by atoms with Crippen LogP contribution in [0.1, 0.15) is 57.8 Å². The van der Waals surface area contributed by atoms with Gasteiger partial charge < -0.3 is 10.6 Å². The number of aromatic nitrogens is 2. The van der Waals surface area contributed by atoms with E-state index in [1.807, 2.05) is 6.07 Å². The summed E-state index contributed by atoms with van der Waals surface area (Å²) >= 11 is 0. The van der Waals surface area contributed by atoms with Crippen LogP contribution < -0.4 is 10.6 Å². The molecule has 2 aliphatic rings. The molecule has 0 saturated heterocycles. The second-order valence-electron chi connectivity index (χ2n) is 7.43. The van der Waals surface area contributed by atoms with Crippen molar-refractivity contribution in [1.29, 1.82) is 0 Å². The van der Waals surface area contributed by atoms with Crippen molar-refractivity contribution in [3.8, 4) is 11.3 Å². The van der Waals surface area contributed by atoms with E-state index in [1.54, 1.807) is 0 Å². The highest BCUT2D eigenvalue weighted by molar-refractivity contribution is 5.64. The molecule has 0 unspecified atom stereocenters. The fourth-order valence-corrected chi connectivity index (χ4v) is 4.05. The summed E-state index contributed by atoms with van der Waals surface area (Å²) in [5.41, 5.74) is 2.14. The Morgan fingerprint density at radius 2 is 1.36 bits per heavy atom. The van der Waals surface area contributed by atoms with Crippen LogP contribution in [0, 0.1) is 0 Å². The Hall–Kier alpha value is -2.10. The molecule has 4 rings (SSSR count). The number of anilines is 2. The van der Waals surface area contributed by atoms with E-state index in [0.29, 0.717) is 12.1 Å². The minimum absolute atomic E-state index is 0.513. The Labute approximate surface area is 150 Å². The smallest absolute Gasteiger partial charge is 0.225 e. The second kappa shape index (κ2) is 7.85. The van der Waals surface area contributed by atoms with Gasteiger partial charge in [0.25, 0.3) is 0 Å².